The minimum absolute atomic E-state index is 0.654. The summed E-state index contributed by atoms with van der Waals surface area (Å²) in [6.45, 7) is 1.39. The second-order valence-corrected chi connectivity index (χ2v) is 3.82. The van der Waals surface area contributed by atoms with Crippen LogP contribution in [0, 0.1) is 0 Å². The lowest BCUT2D eigenvalue weighted by molar-refractivity contribution is 0.210. The van der Waals surface area contributed by atoms with Crippen LogP contribution in [0.4, 0.5) is 5.82 Å². The third kappa shape index (κ3) is 3.01. The van der Waals surface area contributed by atoms with Crippen molar-refractivity contribution in [2.24, 2.45) is 0 Å². The molecule has 2 N–H and O–H groups in total. The van der Waals surface area contributed by atoms with E-state index in [0.717, 1.165) is 29.4 Å². The Kier molecular flexibility index (Phi) is 4.20. The van der Waals surface area contributed by atoms with Gasteiger partial charge in [0.1, 0.15) is 11.6 Å². The van der Waals surface area contributed by atoms with Crippen LogP contribution in [0.25, 0.3) is 11.3 Å². The summed E-state index contributed by atoms with van der Waals surface area (Å²) >= 11 is 0. The number of ether oxygens (including phenoxy) is 2. The standard InChI is InChI=1S/C13H17N3O2/c1-17-7-6-14-13-9-12(15-16-13)10-4-3-5-11(8-10)18-2/h3-5,8-9H,6-7H2,1-2H3,(H2,14,15,16). The van der Waals surface area contributed by atoms with E-state index in [1.165, 1.54) is 0 Å². The average Bonchev–Trinajstić information content (AvgIpc) is 2.88. The lowest BCUT2D eigenvalue weighted by Gasteiger charge is -2.01. The van der Waals surface area contributed by atoms with E-state index >= 15 is 0 Å². The van der Waals surface area contributed by atoms with Crippen LogP contribution in [0.1, 0.15) is 0 Å². The molecule has 0 aliphatic rings. The molecule has 0 radical (unpaired) electrons. The number of benzene rings is 1. The van der Waals surface area contributed by atoms with Gasteiger partial charge in [0, 0.05) is 25.3 Å². The van der Waals surface area contributed by atoms with Crippen molar-refractivity contribution >= 4 is 5.82 Å². The van der Waals surface area contributed by atoms with Crippen LogP contribution in [0.15, 0.2) is 30.3 Å². The van der Waals surface area contributed by atoms with E-state index in [1.807, 2.05) is 30.3 Å². The molecule has 1 heterocycles. The van der Waals surface area contributed by atoms with Gasteiger partial charge in [-0.2, -0.15) is 5.10 Å². The fourth-order valence-electron chi connectivity index (χ4n) is 1.63. The number of nitrogens with one attached hydrogen (secondary N) is 2. The smallest absolute Gasteiger partial charge is 0.148 e. The number of hydrogen-bond acceptors (Lipinski definition) is 4. The van der Waals surface area contributed by atoms with Gasteiger partial charge in [-0.05, 0) is 12.1 Å². The van der Waals surface area contributed by atoms with Gasteiger partial charge in [-0.25, -0.2) is 0 Å². The highest BCUT2D eigenvalue weighted by Gasteiger charge is 2.04. The normalized spacial score (nSPS) is 10.3. The Morgan fingerprint density at radius 2 is 2.17 bits per heavy atom. The maximum absolute atomic E-state index is 5.20. The maximum atomic E-state index is 5.20. The number of aromatic nitrogens is 2. The molecule has 0 saturated carbocycles. The summed E-state index contributed by atoms with van der Waals surface area (Å²) in [5, 5.41) is 10.3. The van der Waals surface area contributed by atoms with Crippen molar-refractivity contribution in [2.75, 3.05) is 32.7 Å². The number of nitrogens with zero attached hydrogens (tertiary/aromatic N) is 1. The Balaban J connectivity index is 2.08. The number of rotatable bonds is 6. The summed E-state index contributed by atoms with van der Waals surface area (Å²) in [4.78, 5) is 0. The van der Waals surface area contributed by atoms with Gasteiger partial charge in [-0.3, -0.25) is 5.10 Å². The first kappa shape index (κ1) is 12.4. The molecule has 1 aromatic heterocycles. The van der Waals surface area contributed by atoms with Crippen LogP contribution in [0.2, 0.25) is 0 Å². The molecule has 0 fully saturated rings. The Labute approximate surface area is 106 Å². The largest absolute Gasteiger partial charge is 0.497 e. The SMILES string of the molecule is COCCNc1cc(-c2cccc(OC)c2)[nH]n1. The van der Waals surface area contributed by atoms with Gasteiger partial charge in [0.15, 0.2) is 0 Å². The van der Waals surface area contributed by atoms with Crippen LogP contribution >= 0.6 is 0 Å². The minimum Gasteiger partial charge on any atom is -0.497 e. The molecule has 0 aliphatic heterocycles. The second kappa shape index (κ2) is 6.07. The summed E-state index contributed by atoms with van der Waals surface area (Å²) in [5.74, 6) is 1.64. The molecular weight excluding hydrogens is 230 g/mol. The van der Waals surface area contributed by atoms with Crippen molar-refractivity contribution in [1.82, 2.24) is 10.2 Å². The van der Waals surface area contributed by atoms with Crippen molar-refractivity contribution in [3.8, 4) is 17.0 Å². The van der Waals surface area contributed by atoms with Gasteiger partial charge in [0.25, 0.3) is 0 Å². The first-order valence-electron chi connectivity index (χ1n) is 5.76. The van der Waals surface area contributed by atoms with Crippen LogP contribution in [0.3, 0.4) is 0 Å². The molecule has 96 valence electrons. The van der Waals surface area contributed by atoms with Gasteiger partial charge in [0.2, 0.25) is 0 Å². The van der Waals surface area contributed by atoms with Crippen molar-refractivity contribution in [3.05, 3.63) is 30.3 Å². The van der Waals surface area contributed by atoms with Crippen molar-refractivity contribution in [3.63, 3.8) is 0 Å². The zero-order chi connectivity index (χ0) is 12.8. The van der Waals surface area contributed by atoms with Crippen molar-refractivity contribution in [2.45, 2.75) is 0 Å². The second-order valence-electron chi connectivity index (χ2n) is 3.82. The highest BCUT2D eigenvalue weighted by molar-refractivity contribution is 5.64. The maximum Gasteiger partial charge on any atom is 0.148 e. The molecule has 5 nitrogen and oxygen atoms in total. The Morgan fingerprint density at radius 1 is 1.28 bits per heavy atom. The summed E-state index contributed by atoms with van der Waals surface area (Å²) in [5.41, 5.74) is 2.00. The lowest BCUT2D eigenvalue weighted by Crippen LogP contribution is -2.07. The molecule has 0 atom stereocenters. The molecule has 0 saturated heterocycles. The van der Waals surface area contributed by atoms with E-state index in [2.05, 4.69) is 15.5 Å². The topological polar surface area (TPSA) is 59.2 Å². The molecule has 1 aromatic carbocycles. The van der Waals surface area contributed by atoms with Gasteiger partial charge in [0.05, 0.1) is 19.4 Å². The molecule has 5 heteroatoms. The quantitative estimate of drug-likeness (QED) is 0.768. The summed E-state index contributed by atoms with van der Waals surface area (Å²) in [7, 11) is 3.33. The third-order valence-corrected chi connectivity index (χ3v) is 2.57. The molecular formula is C13H17N3O2. The number of H-pyrrole nitrogens is 1. The minimum atomic E-state index is 0.654. The highest BCUT2D eigenvalue weighted by atomic mass is 16.5. The molecule has 18 heavy (non-hydrogen) atoms. The van der Waals surface area contributed by atoms with E-state index in [0.29, 0.717) is 6.61 Å². The van der Waals surface area contributed by atoms with E-state index in [4.69, 9.17) is 9.47 Å². The molecule has 0 amide bonds. The zero-order valence-corrected chi connectivity index (χ0v) is 10.6. The first-order chi connectivity index (χ1) is 8.83. The number of aromatic amines is 1. The molecule has 0 bridgehead atoms. The summed E-state index contributed by atoms with van der Waals surface area (Å²) in [6, 6.07) is 9.80. The lowest BCUT2D eigenvalue weighted by atomic mass is 10.1. The number of methoxy groups -OCH3 is 2. The fraction of sp³-hybridized carbons (Fsp3) is 0.308. The average molecular weight is 247 g/mol. The van der Waals surface area contributed by atoms with E-state index < -0.39 is 0 Å². The van der Waals surface area contributed by atoms with Gasteiger partial charge >= 0.3 is 0 Å². The van der Waals surface area contributed by atoms with Gasteiger partial charge < -0.3 is 14.8 Å². The van der Waals surface area contributed by atoms with Crippen molar-refractivity contribution in [1.29, 1.82) is 0 Å². The number of hydrogen-bond donors (Lipinski definition) is 2. The predicted octanol–water partition coefficient (Wildman–Crippen LogP) is 2.14. The zero-order valence-electron chi connectivity index (χ0n) is 10.6. The van der Waals surface area contributed by atoms with Crippen LogP contribution in [-0.4, -0.2) is 37.6 Å². The molecule has 2 rings (SSSR count). The Hall–Kier alpha value is -2.01. The van der Waals surface area contributed by atoms with E-state index in [-0.39, 0.29) is 0 Å². The molecule has 2 aromatic rings. The molecule has 0 aliphatic carbocycles. The highest BCUT2D eigenvalue weighted by Crippen LogP contribution is 2.23. The van der Waals surface area contributed by atoms with Crippen LogP contribution in [0.5, 0.6) is 5.75 Å². The molecule has 0 unspecified atom stereocenters. The van der Waals surface area contributed by atoms with Crippen LogP contribution < -0.4 is 10.1 Å². The predicted molar refractivity (Wildman–Crippen MR) is 70.9 cm³/mol. The van der Waals surface area contributed by atoms with Gasteiger partial charge in [-0.15, -0.1) is 0 Å². The molecule has 0 spiro atoms. The first-order valence-corrected chi connectivity index (χ1v) is 5.76. The van der Waals surface area contributed by atoms with Gasteiger partial charge in [-0.1, -0.05) is 12.1 Å². The number of anilines is 1. The summed E-state index contributed by atoms with van der Waals surface area (Å²) in [6.07, 6.45) is 0. The Bertz CT molecular complexity index is 496. The van der Waals surface area contributed by atoms with Crippen LogP contribution in [-0.2, 0) is 4.74 Å². The third-order valence-electron chi connectivity index (χ3n) is 2.57. The van der Waals surface area contributed by atoms with E-state index in [9.17, 15) is 0 Å². The fourth-order valence-corrected chi connectivity index (χ4v) is 1.63. The Morgan fingerprint density at radius 3 is 2.94 bits per heavy atom. The monoisotopic (exact) mass is 247 g/mol. The summed E-state index contributed by atoms with van der Waals surface area (Å²) < 4.78 is 10.2. The van der Waals surface area contributed by atoms with Crippen molar-refractivity contribution < 1.29 is 9.47 Å². The van der Waals surface area contributed by atoms with E-state index in [1.54, 1.807) is 14.2 Å².